The summed E-state index contributed by atoms with van der Waals surface area (Å²) in [7, 11) is 0. The van der Waals surface area contributed by atoms with Gasteiger partial charge in [0, 0.05) is 0 Å². The first kappa shape index (κ1) is 13.2. The van der Waals surface area contributed by atoms with Gasteiger partial charge in [-0.3, -0.25) is 0 Å². The lowest BCUT2D eigenvalue weighted by Gasteiger charge is -2.09. The van der Waals surface area contributed by atoms with Crippen LogP contribution in [0.4, 0.5) is 0 Å². The van der Waals surface area contributed by atoms with E-state index in [1.54, 1.807) is 0 Å². The number of hydrogen-bond donors (Lipinski definition) is 0. The van der Waals surface area contributed by atoms with Crippen molar-refractivity contribution in [2.75, 3.05) is 0 Å². The third-order valence-corrected chi connectivity index (χ3v) is 2.21. The fraction of sp³-hybridized carbons (Fsp3) is 0.571. The van der Waals surface area contributed by atoms with Gasteiger partial charge in [-0.25, -0.2) is 0 Å². The van der Waals surface area contributed by atoms with Crippen molar-refractivity contribution in [1.82, 2.24) is 0 Å². The zero-order chi connectivity index (χ0) is 11.0. The van der Waals surface area contributed by atoms with Gasteiger partial charge in [0.2, 0.25) is 0 Å². The second kappa shape index (κ2) is 7.61. The molecule has 0 aromatic rings. The van der Waals surface area contributed by atoms with Gasteiger partial charge in [-0.05, 0) is 39.0 Å². The lowest BCUT2D eigenvalue weighted by molar-refractivity contribution is 0.703. The molecule has 1 atom stereocenters. The summed E-state index contributed by atoms with van der Waals surface area (Å²) in [5.74, 6) is 0.627. The van der Waals surface area contributed by atoms with Gasteiger partial charge in [0.15, 0.2) is 0 Å². The summed E-state index contributed by atoms with van der Waals surface area (Å²) in [4.78, 5) is 0. The molecule has 0 radical (unpaired) electrons. The third kappa shape index (κ3) is 6.71. The van der Waals surface area contributed by atoms with Gasteiger partial charge in [0.05, 0.1) is 0 Å². The SMILES string of the molecule is C=C(CC(C)=CCC)CC(C)C=CC. The Morgan fingerprint density at radius 3 is 2.57 bits per heavy atom. The van der Waals surface area contributed by atoms with E-state index in [-0.39, 0.29) is 0 Å². The van der Waals surface area contributed by atoms with Crippen molar-refractivity contribution in [3.05, 3.63) is 36.0 Å². The molecule has 0 N–H and O–H groups in total. The van der Waals surface area contributed by atoms with Crippen LogP contribution in [0, 0.1) is 5.92 Å². The Morgan fingerprint density at radius 1 is 1.43 bits per heavy atom. The molecule has 1 unspecified atom stereocenters. The van der Waals surface area contributed by atoms with Gasteiger partial charge in [-0.1, -0.05) is 49.8 Å². The van der Waals surface area contributed by atoms with Crippen molar-refractivity contribution < 1.29 is 0 Å². The van der Waals surface area contributed by atoms with Crippen molar-refractivity contribution in [2.24, 2.45) is 5.92 Å². The smallest absolute Gasteiger partial charge is 0.0114 e. The van der Waals surface area contributed by atoms with Crippen LogP contribution in [0.2, 0.25) is 0 Å². The first-order chi connectivity index (χ1) is 6.60. The molecular formula is C14H24. The zero-order valence-electron chi connectivity index (χ0n) is 10.1. The van der Waals surface area contributed by atoms with E-state index < -0.39 is 0 Å². The molecule has 0 rings (SSSR count). The quantitative estimate of drug-likeness (QED) is 0.525. The van der Waals surface area contributed by atoms with Gasteiger partial charge >= 0.3 is 0 Å². The first-order valence-electron chi connectivity index (χ1n) is 5.55. The number of hydrogen-bond acceptors (Lipinski definition) is 0. The molecule has 0 aromatic heterocycles. The molecule has 0 aromatic carbocycles. The molecule has 0 aliphatic rings. The van der Waals surface area contributed by atoms with E-state index in [2.05, 4.69) is 52.5 Å². The normalized spacial score (nSPS) is 14.7. The fourth-order valence-corrected chi connectivity index (χ4v) is 1.74. The van der Waals surface area contributed by atoms with Gasteiger partial charge in [-0.15, -0.1) is 0 Å². The average Bonchev–Trinajstić information content (AvgIpc) is 2.03. The van der Waals surface area contributed by atoms with Crippen molar-refractivity contribution in [1.29, 1.82) is 0 Å². The summed E-state index contributed by atoms with van der Waals surface area (Å²) in [5.41, 5.74) is 2.79. The van der Waals surface area contributed by atoms with Crippen molar-refractivity contribution in [2.45, 2.75) is 47.0 Å². The summed E-state index contributed by atoms with van der Waals surface area (Å²) in [6, 6.07) is 0. The summed E-state index contributed by atoms with van der Waals surface area (Å²) < 4.78 is 0. The van der Waals surface area contributed by atoms with Crippen molar-refractivity contribution in [3.63, 3.8) is 0 Å². The Morgan fingerprint density at radius 2 is 2.07 bits per heavy atom. The van der Waals surface area contributed by atoms with Crippen LogP contribution >= 0.6 is 0 Å². The second-order valence-electron chi connectivity index (χ2n) is 4.09. The van der Waals surface area contributed by atoms with Gasteiger partial charge in [-0.2, -0.15) is 0 Å². The van der Waals surface area contributed by atoms with E-state index in [9.17, 15) is 0 Å². The summed E-state index contributed by atoms with van der Waals surface area (Å²) in [6.07, 6.45) is 9.95. The maximum atomic E-state index is 4.12. The van der Waals surface area contributed by atoms with Crippen LogP contribution in [0.5, 0.6) is 0 Å². The Labute approximate surface area is 89.4 Å². The Hall–Kier alpha value is -0.780. The lowest BCUT2D eigenvalue weighted by atomic mass is 9.97. The summed E-state index contributed by atoms with van der Waals surface area (Å²) in [5, 5.41) is 0. The molecule has 80 valence electrons. The maximum Gasteiger partial charge on any atom is -0.0114 e. The fourth-order valence-electron chi connectivity index (χ4n) is 1.74. The summed E-state index contributed by atoms with van der Waals surface area (Å²) >= 11 is 0. The van der Waals surface area contributed by atoms with Gasteiger partial charge < -0.3 is 0 Å². The van der Waals surface area contributed by atoms with E-state index >= 15 is 0 Å². The van der Waals surface area contributed by atoms with Crippen molar-refractivity contribution in [3.8, 4) is 0 Å². The molecule has 0 nitrogen and oxygen atoms in total. The topological polar surface area (TPSA) is 0 Å². The Bertz CT molecular complexity index is 218. The largest absolute Gasteiger partial charge is 0.0995 e. The van der Waals surface area contributed by atoms with E-state index in [0.29, 0.717) is 5.92 Å². The number of rotatable bonds is 6. The predicted octanol–water partition coefficient (Wildman–Crippen LogP) is 4.89. The van der Waals surface area contributed by atoms with Crippen LogP contribution in [-0.4, -0.2) is 0 Å². The minimum atomic E-state index is 0.627. The highest BCUT2D eigenvalue weighted by Gasteiger charge is 2.01. The first-order valence-corrected chi connectivity index (χ1v) is 5.55. The minimum Gasteiger partial charge on any atom is -0.0995 e. The van der Waals surface area contributed by atoms with Crippen LogP contribution in [-0.2, 0) is 0 Å². The van der Waals surface area contributed by atoms with Crippen LogP contribution in [0.3, 0.4) is 0 Å². The van der Waals surface area contributed by atoms with Crippen LogP contribution in [0.25, 0.3) is 0 Å². The molecule has 0 heteroatoms. The Balaban J connectivity index is 3.92. The van der Waals surface area contributed by atoms with E-state index in [0.717, 1.165) is 19.3 Å². The minimum absolute atomic E-state index is 0.627. The molecule has 0 saturated heterocycles. The highest BCUT2D eigenvalue weighted by Crippen LogP contribution is 2.18. The van der Waals surface area contributed by atoms with Crippen LogP contribution < -0.4 is 0 Å². The third-order valence-electron chi connectivity index (χ3n) is 2.21. The molecule has 0 bridgehead atoms. The summed E-state index contributed by atoms with van der Waals surface area (Å²) in [6.45, 7) is 12.8. The monoisotopic (exact) mass is 192 g/mol. The van der Waals surface area contributed by atoms with Crippen LogP contribution in [0.15, 0.2) is 36.0 Å². The second-order valence-corrected chi connectivity index (χ2v) is 4.09. The maximum absolute atomic E-state index is 4.12. The lowest BCUT2D eigenvalue weighted by Crippen LogP contribution is -1.93. The Kier molecular flexibility index (Phi) is 7.18. The highest BCUT2D eigenvalue weighted by molar-refractivity contribution is 5.12. The predicted molar refractivity (Wildman–Crippen MR) is 66.4 cm³/mol. The van der Waals surface area contributed by atoms with Gasteiger partial charge in [0.25, 0.3) is 0 Å². The van der Waals surface area contributed by atoms with Crippen LogP contribution in [0.1, 0.15) is 47.0 Å². The van der Waals surface area contributed by atoms with Gasteiger partial charge in [0.1, 0.15) is 0 Å². The molecule has 0 fully saturated rings. The number of allylic oxidation sites excluding steroid dienone is 5. The highest BCUT2D eigenvalue weighted by atomic mass is 14.1. The molecule has 0 amide bonds. The molecule has 0 aliphatic heterocycles. The molecule has 0 saturated carbocycles. The van der Waals surface area contributed by atoms with E-state index in [1.165, 1.54) is 11.1 Å². The average molecular weight is 192 g/mol. The molecule has 0 aliphatic carbocycles. The zero-order valence-corrected chi connectivity index (χ0v) is 10.1. The molecule has 14 heavy (non-hydrogen) atoms. The van der Waals surface area contributed by atoms with E-state index in [4.69, 9.17) is 0 Å². The molecular weight excluding hydrogens is 168 g/mol. The standard InChI is InChI=1S/C14H24/c1-6-8-12(3)10-14(5)11-13(4)9-7-2/h6,8-9,12H,5,7,10-11H2,1-4H3. The van der Waals surface area contributed by atoms with Crippen molar-refractivity contribution >= 4 is 0 Å². The van der Waals surface area contributed by atoms with E-state index in [1.807, 2.05) is 0 Å². The molecule has 0 heterocycles. The molecule has 0 spiro atoms.